The van der Waals surface area contributed by atoms with Gasteiger partial charge in [0, 0.05) is 43.1 Å². The van der Waals surface area contributed by atoms with Gasteiger partial charge in [0.15, 0.2) is 0 Å². The summed E-state index contributed by atoms with van der Waals surface area (Å²) in [6, 6.07) is 69.4. The lowest BCUT2D eigenvalue weighted by molar-refractivity contribution is 1.35. The molecule has 0 fully saturated rings. The van der Waals surface area contributed by atoms with E-state index < -0.39 is 0 Å². The SMILES string of the molecule is N#Cc1c(C#N)c(C#N)c2cc3c(cc2c1C#N)c1cc(-c2ccc4c(c2)cc2c5c6ccccc6ccc5c5cc6ccccc6cc5n42)c2ccccc2c1c1cc2ccccc2n31. The lowest BCUT2D eigenvalue weighted by atomic mass is 9.87. The summed E-state index contributed by atoms with van der Waals surface area (Å²) in [4.78, 5) is 0. The predicted molar refractivity (Wildman–Crippen MR) is 268 cm³/mol. The molecule has 0 N–H and O–H groups in total. The minimum atomic E-state index is -0.0821. The topological polar surface area (TPSA) is 104 Å². The van der Waals surface area contributed by atoms with Crippen LogP contribution < -0.4 is 0 Å². The third-order valence-electron chi connectivity index (χ3n) is 14.1. The summed E-state index contributed by atoms with van der Waals surface area (Å²) in [6.07, 6.45) is 0. The van der Waals surface area contributed by atoms with Gasteiger partial charge >= 0.3 is 0 Å². The molecule has 0 radical (unpaired) electrons. The van der Waals surface area contributed by atoms with E-state index in [0.29, 0.717) is 10.8 Å². The molecule has 0 saturated carbocycles. The molecule has 0 spiro atoms. The summed E-state index contributed by atoms with van der Waals surface area (Å²) in [6.45, 7) is 0. The maximum atomic E-state index is 10.6. The van der Waals surface area contributed by atoms with Crippen LogP contribution >= 0.6 is 0 Å². The third kappa shape index (κ3) is 4.54. The van der Waals surface area contributed by atoms with Gasteiger partial charge in [-0.25, -0.2) is 0 Å². The Balaban J connectivity index is 1.14. The van der Waals surface area contributed by atoms with E-state index in [2.05, 4.69) is 179 Å². The van der Waals surface area contributed by atoms with E-state index in [-0.39, 0.29) is 22.3 Å². The zero-order chi connectivity index (χ0) is 43.9. The van der Waals surface area contributed by atoms with Crippen molar-refractivity contribution in [2.24, 2.45) is 0 Å². The summed E-state index contributed by atoms with van der Waals surface area (Å²) < 4.78 is 4.67. The molecule has 0 aliphatic rings. The van der Waals surface area contributed by atoms with E-state index in [9.17, 15) is 21.0 Å². The van der Waals surface area contributed by atoms with Gasteiger partial charge in [0.25, 0.3) is 0 Å². The van der Waals surface area contributed by atoms with Crippen LogP contribution in [0.5, 0.6) is 0 Å². The molecule has 10 aromatic carbocycles. The van der Waals surface area contributed by atoms with Crippen molar-refractivity contribution in [2.45, 2.75) is 0 Å². The molecule has 298 valence electrons. The van der Waals surface area contributed by atoms with Crippen molar-refractivity contribution in [3.8, 4) is 35.4 Å². The van der Waals surface area contributed by atoms with Gasteiger partial charge in [-0.15, -0.1) is 0 Å². The summed E-state index contributed by atoms with van der Waals surface area (Å²) >= 11 is 0. The Kier molecular flexibility index (Phi) is 7.01. The highest BCUT2D eigenvalue weighted by molar-refractivity contribution is 6.29. The van der Waals surface area contributed by atoms with Crippen molar-refractivity contribution in [2.75, 3.05) is 0 Å². The van der Waals surface area contributed by atoms with E-state index in [0.717, 1.165) is 81.9 Å². The second-order valence-corrected chi connectivity index (χ2v) is 17.2. The number of pyridine rings is 2. The summed E-state index contributed by atoms with van der Waals surface area (Å²) in [7, 11) is 0. The first-order valence-corrected chi connectivity index (χ1v) is 21.7. The molecule has 14 aromatic rings. The van der Waals surface area contributed by atoms with Crippen LogP contribution in [-0.2, 0) is 0 Å². The number of para-hydroxylation sites is 1. The molecule has 0 aliphatic heterocycles. The number of fused-ring (bicyclic) bond motifs is 22. The van der Waals surface area contributed by atoms with Gasteiger partial charge in [-0.3, -0.25) is 0 Å². The van der Waals surface area contributed by atoms with Crippen LogP contribution in [0.1, 0.15) is 22.3 Å². The molecule has 6 nitrogen and oxygen atoms in total. The lowest BCUT2D eigenvalue weighted by Crippen LogP contribution is -1.99. The quantitative estimate of drug-likeness (QED) is 0.121. The number of hydrogen-bond donors (Lipinski definition) is 0. The Morgan fingerprint density at radius 3 is 1.52 bits per heavy atom. The fourth-order valence-corrected chi connectivity index (χ4v) is 11.3. The normalized spacial score (nSPS) is 11.9. The molecule has 0 aliphatic carbocycles. The third-order valence-corrected chi connectivity index (χ3v) is 14.1. The molecule has 0 atom stereocenters. The first-order chi connectivity index (χ1) is 32.6. The number of nitrogens with zero attached hydrogens (tertiary/aromatic N) is 6. The Hall–Kier alpha value is -9.72. The van der Waals surface area contributed by atoms with Crippen LogP contribution in [-0.4, -0.2) is 8.80 Å². The number of benzene rings is 10. The summed E-state index contributed by atoms with van der Waals surface area (Å²) in [5.74, 6) is 0. The van der Waals surface area contributed by atoms with Crippen LogP contribution in [0, 0.1) is 45.3 Å². The molecule has 4 heterocycles. The Morgan fingerprint density at radius 1 is 0.273 bits per heavy atom. The van der Waals surface area contributed by atoms with Gasteiger partial charge in [0.05, 0.1) is 55.4 Å². The molecule has 0 unspecified atom stereocenters. The van der Waals surface area contributed by atoms with Gasteiger partial charge in [0.1, 0.15) is 24.3 Å². The van der Waals surface area contributed by atoms with Gasteiger partial charge in [-0.2, -0.15) is 21.0 Å². The van der Waals surface area contributed by atoms with Crippen molar-refractivity contribution in [1.29, 1.82) is 21.0 Å². The Bertz CT molecular complexity index is 4810. The molecule has 6 heteroatoms. The molecule has 14 rings (SSSR count). The van der Waals surface area contributed by atoms with Gasteiger partial charge in [-0.1, -0.05) is 109 Å². The van der Waals surface area contributed by atoms with E-state index in [1.165, 1.54) is 37.7 Å². The molecular formula is C60H28N6. The molecule has 0 saturated heterocycles. The largest absolute Gasteiger partial charge is 0.309 e. The predicted octanol–water partition coefficient (Wildman–Crippen LogP) is 14.9. The summed E-state index contributed by atoms with van der Waals surface area (Å²) in [5, 5.41) is 58.3. The smallest absolute Gasteiger partial charge is 0.102 e. The highest BCUT2D eigenvalue weighted by atomic mass is 14.9. The van der Waals surface area contributed by atoms with E-state index in [4.69, 9.17) is 0 Å². The standard InChI is InChI=1S/C60H28N6/c61-29-49-44-27-47-48-26-43(40-14-6-7-15-41(40)60(48)57-24-37-12-4-8-16-53(37)65(57)56(47)28-45(44)50(30-62)52(32-64)51(49)31-63)36-18-20-54-38(21-36)25-58-59-39-13-5-3-9-33(39)17-19-42(59)46-22-34-10-1-2-11-35(34)23-55(46)66(54)58/h1-28H. The van der Waals surface area contributed by atoms with Crippen molar-refractivity contribution in [3.63, 3.8) is 0 Å². The van der Waals surface area contributed by atoms with Gasteiger partial charge < -0.3 is 8.80 Å². The zero-order valence-corrected chi connectivity index (χ0v) is 34.8. The highest BCUT2D eigenvalue weighted by Gasteiger charge is 2.24. The van der Waals surface area contributed by atoms with Crippen LogP contribution in [0.4, 0.5) is 0 Å². The summed E-state index contributed by atoms with van der Waals surface area (Å²) in [5.41, 5.74) is 8.38. The average Bonchev–Trinajstić information content (AvgIpc) is 3.95. The maximum Gasteiger partial charge on any atom is 0.102 e. The van der Waals surface area contributed by atoms with Crippen molar-refractivity contribution >= 4 is 119 Å². The van der Waals surface area contributed by atoms with E-state index >= 15 is 0 Å². The van der Waals surface area contributed by atoms with Crippen molar-refractivity contribution in [3.05, 3.63) is 192 Å². The van der Waals surface area contributed by atoms with Crippen LogP contribution in [0.25, 0.3) is 130 Å². The molecule has 0 bridgehead atoms. The second kappa shape index (κ2) is 12.9. The van der Waals surface area contributed by atoms with Crippen molar-refractivity contribution in [1.82, 2.24) is 8.80 Å². The molecular weight excluding hydrogens is 805 g/mol. The van der Waals surface area contributed by atoms with E-state index in [1.54, 1.807) is 0 Å². The van der Waals surface area contributed by atoms with Crippen molar-refractivity contribution < 1.29 is 0 Å². The average molecular weight is 833 g/mol. The van der Waals surface area contributed by atoms with Gasteiger partial charge in [-0.05, 0) is 115 Å². The Morgan fingerprint density at radius 2 is 0.788 bits per heavy atom. The number of hydrogen-bond acceptors (Lipinski definition) is 4. The second-order valence-electron chi connectivity index (χ2n) is 17.2. The molecule has 66 heavy (non-hydrogen) atoms. The van der Waals surface area contributed by atoms with Crippen LogP contribution in [0.15, 0.2) is 170 Å². The van der Waals surface area contributed by atoms with Crippen LogP contribution in [0.2, 0.25) is 0 Å². The maximum absolute atomic E-state index is 10.6. The lowest BCUT2D eigenvalue weighted by Gasteiger charge is -2.17. The molecule has 0 amide bonds. The first-order valence-electron chi connectivity index (χ1n) is 21.7. The fourth-order valence-electron chi connectivity index (χ4n) is 11.3. The number of nitriles is 4. The minimum absolute atomic E-state index is 0.0812. The first kappa shape index (κ1) is 35.8. The zero-order valence-electron chi connectivity index (χ0n) is 34.8. The Labute approximate surface area is 375 Å². The molecule has 4 aromatic heterocycles. The van der Waals surface area contributed by atoms with Crippen LogP contribution in [0.3, 0.4) is 0 Å². The number of rotatable bonds is 1. The highest BCUT2D eigenvalue weighted by Crippen LogP contribution is 2.46. The van der Waals surface area contributed by atoms with Gasteiger partial charge in [0.2, 0.25) is 0 Å². The number of aromatic nitrogens is 2. The fraction of sp³-hybridized carbons (Fsp3) is 0. The van der Waals surface area contributed by atoms with E-state index in [1.807, 2.05) is 24.3 Å². The minimum Gasteiger partial charge on any atom is -0.309 e. The monoisotopic (exact) mass is 832 g/mol.